The van der Waals surface area contributed by atoms with E-state index >= 15 is 0 Å². The van der Waals surface area contributed by atoms with Crippen LogP contribution in [0.5, 0.6) is 0 Å². The highest BCUT2D eigenvalue weighted by molar-refractivity contribution is 5.76. The molecule has 0 N–H and O–H groups in total. The molecule has 2 fully saturated rings. The minimum absolute atomic E-state index is 0.422. The summed E-state index contributed by atoms with van der Waals surface area (Å²) in [5, 5.41) is 9.94. The molecule has 2 saturated heterocycles. The van der Waals surface area contributed by atoms with Crippen LogP contribution in [0.4, 0.5) is 0 Å². The number of nitrogens with zero attached hydrogens (tertiary/aromatic N) is 4. The Hall–Kier alpha value is -2.64. The fraction of sp³-hybridized carbons (Fsp3) is 0.462. The van der Waals surface area contributed by atoms with E-state index in [9.17, 15) is 5.26 Å². The third-order valence-electron chi connectivity index (χ3n) is 7.52. The van der Waals surface area contributed by atoms with Gasteiger partial charge in [-0.05, 0) is 63.6 Å². The van der Waals surface area contributed by atoms with Crippen LogP contribution in [0.3, 0.4) is 0 Å². The summed E-state index contributed by atoms with van der Waals surface area (Å²) in [7, 11) is 0. The van der Waals surface area contributed by atoms with Crippen LogP contribution in [0.15, 0.2) is 54.6 Å². The summed E-state index contributed by atoms with van der Waals surface area (Å²) in [5.74, 6) is 1.13. The zero-order valence-corrected chi connectivity index (χ0v) is 18.0. The van der Waals surface area contributed by atoms with Crippen LogP contribution in [-0.2, 0) is 5.41 Å². The fourth-order valence-corrected chi connectivity index (χ4v) is 5.87. The lowest BCUT2D eigenvalue weighted by Crippen LogP contribution is -2.45. The quantitative estimate of drug-likeness (QED) is 0.579. The lowest BCUT2D eigenvalue weighted by atomic mass is 9.80. The second-order valence-corrected chi connectivity index (χ2v) is 9.33. The highest BCUT2D eigenvalue weighted by Gasteiger charge is 2.42. The van der Waals surface area contributed by atoms with E-state index in [-0.39, 0.29) is 0 Å². The number of benzene rings is 2. The van der Waals surface area contributed by atoms with Gasteiger partial charge in [-0.25, -0.2) is 4.98 Å². The maximum Gasteiger partial charge on any atom is 0.106 e. The van der Waals surface area contributed by atoms with Gasteiger partial charge in [0.1, 0.15) is 5.82 Å². The molecule has 0 saturated carbocycles. The van der Waals surface area contributed by atoms with E-state index in [0.29, 0.717) is 18.1 Å². The van der Waals surface area contributed by atoms with Crippen LogP contribution in [0.25, 0.3) is 11.0 Å². The molecule has 2 aliphatic rings. The fourth-order valence-electron chi connectivity index (χ4n) is 5.87. The van der Waals surface area contributed by atoms with E-state index in [2.05, 4.69) is 65.8 Å². The minimum Gasteiger partial charge on any atom is -0.325 e. The van der Waals surface area contributed by atoms with Crippen molar-refractivity contribution in [3.8, 4) is 6.07 Å². The van der Waals surface area contributed by atoms with E-state index in [1.807, 2.05) is 18.2 Å². The topological polar surface area (TPSA) is 44.9 Å². The number of hydrogen-bond donors (Lipinski definition) is 0. The van der Waals surface area contributed by atoms with Gasteiger partial charge in [-0.15, -0.1) is 0 Å². The summed E-state index contributed by atoms with van der Waals surface area (Å²) in [4.78, 5) is 7.52. The van der Waals surface area contributed by atoms with Crippen molar-refractivity contribution in [2.75, 3.05) is 6.54 Å². The molecule has 2 aliphatic heterocycles. The number of piperidine rings is 1. The second kappa shape index (κ2) is 7.56. The normalized spacial score (nSPS) is 25.8. The summed E-state index contributed by atoms with van der Waals surface area (Å²) < 4.78 is 2.49. The van der Waals surface area contributed by atoms with Crippen LogP contribution in [0.2, 0.25) is 0 Å². The Balaban J connectivity index is 1.33. The SMILES string of the molecule is Cc1nc2ccccc2n1C1CC2CCC(C1)N2CCC(C)(C#N)c1ccccc1. The van der Waals surface area contributed by atoms with Crippen LogP contribution in [0, 0.1) is 18.3 Å². The van der Waals surface area contributed by atoms with Crippen molar-refractivity contribution in [1.29, 1.82) is 5.26 Å². The average molecular weight is 399 g/mol. The van der Waals surface area contributed by atoms with Gasteiger partial charge in [-0.2, -0.15) is 5.26 Å². The predicted molar refractivity (Wildman–Crippen MR) is 120 cm³/mol. The Morgan fingerprint density at radius 1 is 1.00 bits per heavy atom. The lowest BCUT2D eigenvalue weighted by Gasteiger charge is -2.41. The maximum atomic E-state index is 9.94. The van der Waals surface area contributed by atoms with Crippen molar-refractivity contribution in [2.45, 2.75) is 69.5 Å². The van der Waals surface area contributed by atoms with Crippen LogP contribution >= 0.6 is 0 Å². The molecule has 2 bridgehead atoms. The molecule has 3 aromatic rings. The molecule has 3 atom stereocenters. The molecule has 4 heteroatoms. The van der Waals surface area contributed by atoms with Gasteiger partial charge in [0, 0.05) is 24.7 Å². The average Bonchev–Trinajstić information content (AvgIpc) is 3.23. The monoisotopic (exact) mass is 398 g/mol. The van der Waals surface area contributed by atoms with Gasteiger partial charge >= 0.3 is 0 Å². The molecule has 0 spiro atoms. The summed E-state index contributed by atoms with van der Waals surface area (Å²) in [6.07, 6.45) is 5.82. The standard InChI is InChI=1S/C26H30N4/c1-19-28-24-10-6-7-11-25(24)30(19)23-16-21-12-13-22(17-23)29(21)15-14-26(2,18-27)20-8-4-3-5-9-20/h3-11,21-23H,12-17H2,1-2H3. The Kier molecular flexibility index (Phi) is 4.87. The number of aromatic nitrogens is 2. The van der Waals surface area contributed by atoms with Gasteiger partial charge in [0.25, 0.3) is 0 Å². The molecule has 0 radical (unpaired) electrons. The van der Waals surface area contributed by atoms with E-state index in [4.69, 9.17) is 4.98 Å². The molecule has 2 aromatic carbocycles. The second-order valence-electron chi connectivity index (χ2n) is 9.33. The first-order valence-electron chi connectivity index (χ1n) is 11.2. The van der Waals surface area contributed by atoms with Crippen molar-refractivity contribution in [1.82, 2.24) is 14.5 Å². The summed E-state index contributed by atoms with van der Waals surface area (Å²) >= 11 is 0. The Labute approximate surface area is 179 Å². The molecule has 1 aromatic heterocycles. The van der Waals surface area contributed by atoms with Crippen molar-refractivity contribution < 1.29 is 0 Å². The molecular formula is C26H30N4. The molecule has 0 aliphatic carbocycles. The van der Waals surface area contributed by atoms with E-state index in [1.54, 1.807) is 0 Å². The van der Waals surface area contributed by atoms with Gasteiger partial charge < -0.3 is 4.57 Å². The molecule has 3 unspecified atom stereocenters. The Bertz CT molecular complexity index is 1070. The third-order valence-corrected chi connectivity index (χ3v) is 7.52. The summed E-state index contributed by atoms with van der Waals surface area (Å²) in [6.45, 7) is 5.25. The highest BCUT2D eigenvalue weighted by Crippen LogP contribution is 2.43. The number of hydrogen-bond acceptors (Lipinski definition) is 3. The number of rotatable bonds is 5. The van der Waals surface area contributed by atoms with Crippen molar-refractivity contribution in [3.63, 3.8) is 0 Å². The smallest absolute Gasteiger partial charge is 0.106 e. The number of nitriles is 1. The summed E-state index contributed by atoms with van der Waals surface area (Å²) in [6, 6.07) is 23.2. The van der Waals surface area contributed by atoms with E-state index in [0.717, 1.165) is 29.9 Å². The van der Waals surface area contributed by atoms with Crippen LogP contribution in [-0.4, -0.2) is 33.1 Å². The Morgan fingerprint density at radius 2 is 1.67 bits per heavy atom. The molecule has 30 heavy (non-hydrogen) atoms. The van der Waals surface area contributed by atoms with E-state index in [1.165, 1.54) is 31.2 Å². The zero-order valence-electron chi connectivity index (χ0n) is 18.0. The lowest BCUT2D eigenvalue weighted by molar-refractivity contribution is 0.101. The van der Waals surface area contributed by atoms with Crippen LogP contribution < -0.4 is 0 Å². The van der Waals surface area contributed by atoms with Gasteiger partial charge in [0.2, 0.25) is 0 Å². The first kappa shape index (κ1) is 19.3. The van der Waals surface area contributed by atoms with Gasteiger partial charge in [-0.3, -0.25) is 4.90 Å². The number of para-hydroxylation sites is 2. The molecule has 5 rings (SSSR count). The zero-order chi connectivity index (χ0) is 20.7. The van der Waals surface area contributed by atoms with Gasteiger partial charge in [0.05, 0.1) is 22.5 Å². The maximum absolute atomic E-state index is 9.94. The molecular weight excluding hydrogens is 368 g/mol. The third kappa shape index (κ3) is 3.22. The van der Waals surface area contributed by atoms with Crippen molar-refractivity contribution in [2.24, 2.45) is 0 Å². The predicted octanol–water partition coefficient (Wildman–Crippen LogP) is 5.38. The number of imidazole rings is 1. The molecule has 4 nitrogen and oxygen atoms in total. The van der Waals surface area contributed by atoms with Crippen molar-refractivity contribution >= 4 is 11.0 Å². The van der Waals surface area contributed by atoms with E-state index < -0.39 is 5.41 Å². The Morgan fingerprint density at radius 3 is 2.37 bits per heavy atom. The first-order chi connectivity index (χ1) is 14.6. The number of aryl methyl sites for hydroxylation is 1. The first-order valence-corrected chi connectivity index (χ1v) is 11.2. The minimum atomic E-state index is -0.422. The molecule has 0 amide bonds. The molecule has 154 valence electrons. The van der Waals surface area contributed by atoms with Gasteiger partial charge in [-0.1, -0.05) is 42.5 Å². The molecule has 3 heterocycles. The number of fused-ring (bicyclic) bond motifs is 3. The van der Waals surface area contributed by atoms with Gasteiger partial charge in [0.15, 0.2) is 0 Å². The van der Waals surface area contributed by atoms with Crippen LogP contribution in [0.1, 0.15) is 56.5 Å². The summed E-state index contributed by atoms with van der Waals surface area (Å²) in [5.41, 5.74) is 3.09. The highest BCUT2D eigenvalue weighted by atomic mass is 15.2. The largest absolute Gasteiger partial charge is 0.325 e. The van der Waals surface area contributed by atoms with Crippen molar-refractivity contribution in [3.05, 3.63) is 66.0 Å².